The normalized spacial score (nSPS) is 14.6. The Morgan fingerprint density at radius 1 is 1.30 bits per heavy atom. The molecule has 0 saturated heterocycles. The molecule has 4 rings (SSSR count). The zero-order valence-electron chi connectivity index (χ0n) is 18.2. The molecule has 7 nitrogen and oxygen atoms in total. The molecule has 1 fully saturated rings. The Morgan fingerprint density at radius 2 is 2.00 bits per heavy atom. The molecule has 0 N–H and O–H groups in total. The summed E-state index contributed by atoms with van der Waals surface area (Å²) < 4.78 is 12.8. The Morgan fingerprint density at radius 3 is 2.63 bits per heavy atom. The molecule has 1 atom stereocenters. The predicted octanol–water partition coefficient (Wildman–Crippen LogP) is 3.76. The van der Waals surface area contributed by atoms with Crippen LogP contribution in [0.25, 0.3) is 11.0 Å². The van der Waals surface area contributed by atoms with Crippen molar-refractivity contribution in [1.82, 2.24) is 19.7 Å². The highest BCUT2D eigenvalue weighted by Crippen LogP contribution is 2.43. The maximum absolute atomic E-state index is 12.7. The van der Waals surface area contributed by atoms with Crippen LogP contribution in [0, 0.1) is 6.92 Å². The maximum atomic E-state index is 12.7. The second kappa shape index (κ2) is 7.97. The first kappa shape index (κ1) is 20.2. The number of nitrogens with zero attached hydrogens (tertiary/aromatic N) is 4. The molecule has 0 aliphatic heterocycles. The first-order valence-electron chi connectivity index (χ1n) is 10.3. The Hall–Kier alpha value is -3.09. The summed E-state index contributed by atoms with van der Waals surface area (Å²) in [5, 5.41) is 5.78. The van der Waals surface area contributed by atoms with Gasteiger partial charge in [-0.15, -0.1) is 0 Å². The standard InChI is InChI=1S/C23H28N4O3/c1-14-12-19(24-23-21(14)22(17-6-7-17)25-27(23)4)30-13-20(28)26(3)15(2)16-8-10-18(29-5)11-9-16/h8-12,15,17H,6-7,13H2,1-5H3. The molecule has 1 amide bonds. The third-order valence-corrected chi connectivity index (χ3v) is 5.87. The number of amides is 1. The number of hydrogen-bond acceptors (Lipinski definition) is 5. The number of aryl methyl sites for hydroxylation is 2. The van der Waals surface area contributed by atoms with Gasteiger partial charge in [0.25, 0.3) is 5.91 Å². The molecule has 0 bridgehead atoms. The van der Waals surface area contributed by atoms with Gasteiger partial charge in [0, 0.05) is 31.5 Å². The van der Waals surface area contributed by atoms with Gasteiger partial charge in [-0.05, 0) is 49.9 Å². The van der Waals surface area contributed by atoms with E-state index in [9.17, 15) is 4.79 Å². The molecule has 2 heterocycles. The largest absolute Gasteiger partial charge is 0.497 e. The summed E-state index contributed by atoms with van der Waals surface area (Å²) in [6.07, 6.45) is 2.38. The summed E-state index contributed by atoms with van der Waals surface area (Å²) >= 11 is 0. The SMILES string of the molecule is COc1ccc(C(C)N(C)C(=O)COc2cc(C)c3c(C4CC4)nn(C)c3n2)cc1. The van der Waals surface area contributed by atoms with Gasteiger partial charge in [-0.3, -0.25) is 9.48 Å². The zero-order chi connectivity index (χ0) is 21.4. The minimum Gasteiger partial charge on any atom is -0.497 e. The molecular weight excluding hydrogens is 380 g/mol. The number of ether oxygens (including phenoxy) is 2. The molecule has 2 aromatic heterocycles. The lowest BCUT2D eigenvalue weighted by atomic mass is 10.1. The molecule has 1 aliphatic carbocycles. The zero-order valence-corrected chi connectivity index (χ0v) is 18.2. The van der Waals surface area contributed by atoms with E-state index in [-0.39, 0.29) is 18.6 Å². The Labute approximate surface area is 176 Å². The number of rotatable bonds is 7. The number of aromatic nitrogens is 3. The molecule has 0 spiro atoms. The quantitative estimate of drug-likeness (QED) is 0.595. The van der Waals surface area contributed by atoms with Crippen LogP contribution in [0.15, 0.2) is 30.3 Å². The van der Waals surface area contributed by atoms with Crippen LogP contribution >= 0.6 is 0 Å². The number of benzene rings is 1. The Balaban J connectivity index is 1.45. The molecule has 1 aliphatic rings. The van der Waals surface area contributed by atoms with E-state index in [4.69, 9.17) is 9.47 Å². The Kier molecular flexibility index (Phi) is 5.37. The topological polar surface area (TPSA) is 69.5 Å². The number of fused-ring (bicyclic) bond motifs is 1. The van der Waals surface area contributed by atoms with Crippen LogP contribution in [-0.4, -0.2) is 46.3 Å². The first-order valence-corrected chi connectivity index (χ1v) is 10.3. The van der Waals surface area contributed by atoms with E-state index in [0.717, 1.165) is 33.6 Å². The second-order valence-electron chi connectivity index (χ2n) is 8.00. The van der Waals surface area contributed by atoms with Gasteiger partial charge < -0.3 is 14.4 Å². The van der Waals surface area contributed by atoms with Crippen LogP contribution in [0.1, 0.15) is 48.5 Å². The molecule has 1 unspecified atom stereocenters. The number of pyridine rings is 1. The summed E-state index contributed by atoms with van der Waals surface area (Å²) in [4.78, 5) is 19.0. The Bertz CT molecular complexity index is 1070. The number of carbonyl (C=O) groups is 1. The average Bonchev–Trinajstić information content (AvgIpc) is 3.55. The second-order valence-corrected chi connectivity index (χ2v) is 8.00. The van der Waals surface area contributed by atoms with E-state index in [1.807, 2.05) is 55.9 Å². The van der Waals surface area contributed by atoms with Gasteiger partial charge >= 0.3 is 0 Å². The minimum absolute atomic E-state index is 0.0672. The molecule has 7 heteroatoms. The van der Waals surface area contributed by atoms with E-state index >= 15 is 0 Å². The van der Waals surface area contributed by atoms with Crippen molar-refractivity contribution in [3.8, 4) is 11.6 Å². The van der Waals surface area contributed by atoms with Gasteiger partial charge in [0.2, 0.25) is 5.88 Å². The highest BCUT2D eigenvalue weighted by molar-refractivity contribution is 5.84. The van der Waals surface area contributed by atoms with Crippen molar-refractivity contribution in [1.29, 1.82) is 0 Å². The van der Waals surface area contributed by atoms with Crippen LogP contribution < -0.4 is 9.47 Å². The van der Waals surface area contributed by atoms with Crippen LogP contribution in [0.5, 0.6) is 11.6 Å². The van der Waals surface area contributed by atoms with Crippen LogP contribution in [-0.2, 0) is 11.8 Å². The lowest BCUT2D eigenvalue weighted by molar-refractivity contribution is -0.134. The monoisotopic (exact) mass is 408 g/mol. The fraction of sp³-hybridized carbons (Fsp3) is 0.435. The summed E-state index contributed by atoms with van der Waals surface area (Å²) in [6, 6.07) is 9.54. The van der Waals surface area contributed by atoms with E-state index < -0.39 is 0 Å². The molecule has 1 aromatic carbocycles. The first-order chi connectivity index (χ1) is 14.4. The minimum atomic E-state index is -0.110. The van der Waals surface area contributed by atoms with Gasteiger partial charge in [-0.25, -0.2) is 0 Å². The third kappa shape index (κ3) is 3.84. The number of methoxy groups -OCH3 is 1. The van der Waals surface area contributed by atoms with E-state index in [1.54, 1.807) is 19.1 Å². The van der Waals surface area contributed by atoms with E-state index in [2.05, 4.69) is 10.1 Å². The van der Waals surface area contributed by atoms with Crippen molar-refractivity contribution < 1.29 is 14.3 Å². The van der Waals surface area contributed by atoms with Gasteiger partial charge in [-0.2, -0.15) is 10.1 Å². The van der Waals surface area contributed by atoms with Gasteiger partial charge in [0.1, 0.15) is 5.75 Å². The average molecular weight is 409 g/mol. The summed E-state index contributed by atoms with van der Waals surface area (Å²) in [5.41, 5.74) is 4.05. The van der Waals surface area contributed by atoms with Gasteiger partial charge in [0.05, 0.1) is 18.8 Å². The van der Waals surface area contributed by atoms with Crippen LogP contribution in [0.2, 0.25) is 0 Å². The molecule has 158 valence electrons. The molecule has 1 saturated carbocycles. The van der Waals surface area contributed by atoms with E-state index in [0.29, 0.717) is 11.8 Å². The van der Waals surface area contributed by atoms with Crippen molar-refractivity contribution >= 4 is 16.9 Å². The molecular formula is C23H28N4O3. The predicted molar refractivity (Wildman–Crippen MR) is 115 cm³/mol. The van der Waals surface area contributed by atoms with E-state index in [1.165, 1.54) is 12.8 Å². The maximum Gasteiger partial charge on any atom is 0.260 e. The highest BCUT2D eigenvalue weighted by atomic mass is 16.5. The smallest absolute Gasteiger partial charge is 0.260 e. The number of likely N-dealkylation sites (N-methyl/N-ethyl adjacent to an activating group) is 1. The van der Waals surface area contributed by atoms with Crippen molar-refractivity contribution in [3.05, 3.63) is 47.2 Å². The van der Waals surface area contributed by atoms with Crippen molar-refractivity contribution in [3.63, 3.8) is 0 Å². The fourth-order valence-corrected chi connectivity index (χ4v) is 3.71. The summed E-state index contributed by atoms with van der Waals surface area (Å²) in [7, 11) is 5.32. The lowest BCUT2D eigenvalue weighted by Gasteiger charge is -2.25. The summed E-state index contributed by atoms with van der Waals surface area (Å²) in [5.74, 6) is 1.68. The van der Waals surface area contributed by atoms with Crippen molar-refractivity contribution in [2.75, 3.05) is 20.8 Å². The van der Waals surface area contributed by atoms with Crippen LogP contribution in [0.3, 0.4) is 0 Å². The fourth-order valence-electron chi connectivity index (χ4n) is 3.71. The molecule has 0 radical (unpaired) electrons. The van der Waals surface area contributed by atoms with Crippen molar-refractivity contribution in [2.45, 2.75) is 38.6 Å². The number of hydrogen-bond donors (Lipinski definition) is 0. The third-order valence-electron chi connectivity index (χ3n) is 5.87. The summed E-state index contributed by atoms with van der Waals surface area (Å²) in [6.45, 7) is 3.97. The molecule has 3 aromatic rings. The number of carbonyl (C=O) groups excluding carboxylic acids is 1. The lowest BCUT2D eigenvalue weighted by Crippen LogP contribution is -2.33. The molecule has 30 heavy (non-hydrogen) atoms. The van der Waals surface area contributed by atoms with Gasteiger partial charge in [-0.1, -0.05) is 12.1 Å². The highest BCUT2D eigenvalue weighted by Gasteiger charge is 2.30. The van der Waals surface area contributed by atoms with Crippen LogP contribution in [0.4, 0.5) is 0 Å². The van der Waals surface area contributed by atoms with Crippen molar-refractivity contribution in [2.24, 2.45) is 7.05 Å². The van der Waals surface area contributed by atoms with Gasteiger partial charge in [0.15, 0.2) is 12.3 Å².